The van der Waals surface area contributed by atoms with Crippen molar-refractivity contribution >= 4 is 14.7 Å². The number of rotatable bonds is 6. The van der Waals surface area contributed by atoms with Crippen molar-refractivity contribution in [1.29, 1.82) is 0 Å². The molecule has 1 saturated carbocycles. The third-order valence-corrected chi connectivity index (χ3v) is 7.66. The second-order valence-corrected chi connectivity index (χ2v) is 10.0. The molecule has 2 aromatic rings. The van der Waals surface area contributed by atoms with Crippen LogP contribution in [0.1, 0.15) is 50.5 Å². The minimum Gasteiger partial charge on any atom is -1.00 e. The van der Waals surface area contributed by atoms with Gasteiger partial charge in [-0.2, -0.15) is 5.20 Å². The molecular formula is C25H29Cl3SiTi. The van der Waals surface area contributed by atoms with Gasteiger partial charge < -0.3 is 37.2 Å². The third kappa shape index (κ3) is 8.69. The minimum atomic E-state index is -0.362. The molecule has 0 atom stereocenters. The second kappa shape index (κ2) is 15.5. The molecule has 158 valence electrons. The van der Waals surface area contributed by atoms with Gasteiger partial charge >= 0.3 is 21.7 Å². The molecule has 30 heavy (non-hydrogen) atoms. The molecule has 0 unspecified atom stereocenters. The van der Waals surface area contributed by atoms with Crippen LogP contribution in [0.3, 0.4) is 0 Å². The van der Waals surface area contributed by atoms with Crippen molar-refractivity contribution in [2.45, 2.75) is 51.4 Å². The first-order valence-electron chi connectivity index (χ1n) is 10.3. The normalized spacial score (nSPS) is 16.2. The molecule has 0 N–H and O–H groups in total. The molecular weight excluding hydrogens is 483 g/mol. The van der Waals surface area contributed by atoms with Crippen LogP contribution < -0.4 is 42.4 Å². The summed E-state index contributed by atoms with van der Waals surface area (Å²) in [6, 6.07) is 22.1. The summed E-state index contributed by atoms with van der Waals surface area (Å²) in [5, 5.41) is 3.17. The van der Waals surface area contributed by atoms with Gasteiger partial charge in [0.2, 0.25) is 0 Å². The van der Waals surface area contributed by atoms with Crippen LogP contribution in [0.25, 0.3) is 0 Å². The van der Waals surface area contributed by atoms with Crippen LogP contribution in [-0.2, 0) is 28.1 Å². The first-order valence-corrected chi connectivity index (χ1v) is 11.7. The summed E-state index contributed by atoms with van der Waals surface area (Å²) >= 11 is 0. The Hall–Kier alpha value is -0.279. The summed E-state index contributed by atoms with van der Waals surface area (Å²) < 4.78 is 0. The van der Waals surface area contributed by atoms with Crippen LogP contribution in [0.4, 0.5) is 0 Å². The Morgan fingerprint density at radius 1 is 0.800 bits per heavy atom. The standard InChI is InChI=1S/C25H29Si.3ClH.Ti/c1-4-10-20(11-5-1)16-22-18-25(26-24-14-8-3-9-15-24)19-23(22)17-21-12-6-2-7-13-21;;;;/h1,3-5,8-11,14-15,21H,2,6-7,12-13,16-17,19,26H2;3*1H;/q-1;;;;+4/p-3. The van der Waals surface area contributed by atoms with Gasteiger partial charge in [0, 0.05) is 0 Å². The molecule has 0 saturated heterocycles. The quantitative estimate of drug-likeness (QED) is 0.275. The maximum absolute atomic E-state index is 3.89. The van der Waals surface area contributed by atoms with E-state index in [0.717, 1.165) is 12.3 Å². The minimum absolute atomic E-state index is 0. The SMILES string of the molecule is [C-]1=C([SiH2]c2ccccc2)CC(CC2CCCCC2)=C1Cc1ccccc1.[Cl-].[Cl-].[Cl-].[Ti+4]. The van der Waals surface area contributed by atoms with E-state index in [1.807, 2.05) is 0 Å². The zero-order valence-electron chi connectivity index (χ0n) is 17.3. The molecule has 2 aliphatic carbocycles. The number of hydrogen-bond acceptors (Lipinski definition) is 0. The molecule has 2 aromatic carbocycles. The fourth-order valence-corrected chi connectivity index (χ4v) is 6.29. The van der Waals surface area contributed by atoms with Gasteiger partial charge in [0.25, 0.3) is 0 Å². The van der Waals surface area contributed by atoms with Gasteiger partial charge in [0.1, 0.15) is 0 Å². The predicted molar refractivity (Wildman–Crippen MR) is 114 cm³/mol. The molecule has 0 aromatic heterocycles. The molecule has 5 heteroatoms. The Labute approximate surface area is 218 Å². The van der Waals surface area contributed by atoms with Crippen LogP contribution >= 0.6 is 0 Å². The fourth-order valence-electron chi connectivity index (χ4n) is 4.56. The Bertz CT molecular complexity index is 785. The molecule has 0 spiro atoms. The van der Waals surface area contributed by atoms with E-state index in [1.165, 1.54) is 56.1 Å². The Morgan fingerprint density at radius 2 is 1.40 bits per heavy atom. The first-order chi connectivity index (χ1) is 12.9. The Balaban J connectivity index is 0.00000210. The van der Waals surface area contributed by atoms with Gasteiger partial charge in [0.05, 0.1) is 9.52 Å². The van der Waals surface area contributed by atoms with Crippen molar-refractivity contribution in [2.24, 2.45) is 5.92 Å². The molecule has 4 rings (SSSR count). The van der Waals surface area contributed by atoms with E-state index >= 15 is 0 Å². The van der Waals surface area contributed by atoms with Crippen LogP contribution in [0.5, 0.6) is 0 Å². The second-order valence-electron chi connectivity index (χ2n) is 8.02. The molecule has 1 fully saturated rings. The van der Waals surface area contributed by atoms with E-state index < -0.39 is 0 Å². The summed E-state index contributed by atoms with van der Waals surface area (Å²) in [6.45, 7) is 0. The number of hydrogen-bond donors (Lipinski definition) is 0. The molecule has 0 radical (unpaired) electrons. The monoisotopic (exact) mass is 510 g/mol. The van der Waals surface area contributed by atoms with Crippen molar-refractivity contribution in [3.63, 3.8) is 0 Å². The zero-order chi connectivity index (χ0) is 17.6. The van der Waals surface area contributed by atoms with E-state index in [-0.39, 0.29) is 68.5 Å². The largest absolute Gasteiger partial charge is 4.00 e. The number of halogens is 3. The van der Waals surface area contributed by atoms with Gasteiger partial charge in [-0.1, -0.05) is 117 Å². The topological polar surface area (TPSA) is 0 Å². The predicted octanol–water partition coefficient (Wildman–Crippen LogP) is -3.91. The smallest absolute Gasteiger partial charge is 1.00 e. The average molecular weight is 512 g/mol. The van der Waals surface area contributed by atoms with Crippen molar-refractivity contribution in [2.75, 3.05) is 0 Å². The van der Waals surface area contributed by atoms with Gasteiger partial charge in [-0.15, -0.1) is 0 Å². The molecule has 0 heterocycles. The van der Waals surface area contributed by atoms with Gasteiger partial charge in [-0.05, 0) is 12.0 Å². The van der Waals surface area contributed by atoms with Crippen LogP contribution in [0.2, 0.25) is 0 Å². The number of allylic oxidation sites excluding steroid dienone is 4. The van der Waals surface area contributed by atoms with E-state index in [1.54, 1.807) is 16.0 Å². The van der Waals surface area contributed by atoms with E-state index in [2.05, 4.69) is 66.7 Å². The molecule has 0 bridgehead atoms. The summed E-state index contributed by atoms with van der Waals surface area (Å²) in [6.07, 6.45) is 14.7. The fraction of sp³-hybridized carbons (Fsp3) is 0.360. The van der Waals surface area contributed by atoms with E-state index in [4.69, 9.17) is 0 Å². The average Bonchev–Trinajstić information content (AvgIpc) is 3.05. The van der Waals surface area contributed by atoms with Crippen LogP contribution in [0, 0.1) is 12.0 Å². The van der Waals surface area contributed by atoms with Crippen LogP contribution in [0.15, 0.2) is 77.0 Å². The molecule has 0 aliphatic heterocycles. The molecule has 2 aliphatic rings. The zero-order valence-corrected chi connectivity index (χ0v) is 22.6. The molecule has 0 amide bonds. The van der Waals surface area contributed by atoms with Crippen molar-refractivity contribution in [3.05, 3.63) is 88.6 Å². The van der Waals surface area contributed by atoms with Crippen molar-refractivity contribution in [3.8, 4) is 0 Å². The maximum atomic E-state index is 3.89. The maximum Gasteiger partial charge on any atom is 4.00 e. The summed E-state index contributed by atoms with van der Waals surface area (Å²) in [4.78, 5) is 0. The number of benzene rings is 2. The van der Waals surface area contributed by atoms with Crippen molar-refractivity contribution in [1.82, 2.24) is 0 Å². The van der Waals surface area contributed by atoms with Gasteiger partial charge in [0.15, 0.2) is 0 Å². The first kappa shape index (κ1) is 29.7. The molecule has 0 nitrogen and oxygen atoms in total. The Kier molecular flexibility index (Phi) is 15.4. The van der Waals surface area contributed by atoms with E-state index in [0.29, 0.717) is 0 Å². The summed E-state index contributed by atoms with van der Waals surface area (Å²) in [7, 11) is -0.362. The van der Waals surface area contributed by atoms with Gasteiger partial charge in [-0.3, -0.25) is 6.08 Å². The van der Waals surface area contributed by atoms with Crippen molar-refractivity contribution < 1.29 is 58.9 Å². The Morgan fingerprint density at radius 3 is 2.03 bits per heavy atom. The summed E-state index contributed by atoms with van der Waals surface area (Å²) in [5.74, 6) is 0.920. The van der Waals surface area contributed by atoms with Crippen LogP contribution in [-0.4, -0.2) is 9.52 Å². The van der Waals surface area contributed by atoms with Gasteiger partial charge in [-0.25, -0.2) is 11.1 Å². The van der Waals surface area contributed by atoms with E-state index in [9.17, 15) is 0 Å². The summed E-state index contributed by atoms with van der Waals surface area (Å²) in [5.41, 5.74) is 4.65. The third-order valence-electron chi connectivity index (χ3n) is 5.93.